The molecule has 0 aliphatic heterocycles. The normalized spacial score (nSPS) is 11.3. The van der Waals surface area contributed by atoms with E-state index in [1.54, 1.807) is 0 Å². The van der Waals surface area contributed by atoms with Gasteiger partial charge in [-0.25, -0.2) is 0 Å². The smallest absolute Gasteiger partial charge is 0.304 e. The maximum Gasteiger partial charge on any atom is 3.00 e. The summed E-state index contributed by atoms with van der Waals surface area (Å²) in [6.07, 6.45) is 6.19. The van der Waals surface area contributed by atoms with Crippen LogP contribution in [0, 0.1) is 18.2 Å². The predicted octanol–water partition coefficient (Wildman–Crippen LogP) is 17.6. The van der Waals surface area contributed by atoms with E-state index in [4.69, 9.17) is 15.0 Å². The number of pyridine rings is 3. The molecule has 0 N–H and O–H groups in total. The van der Waals surface area contributed by atoms with Crippen LogP contribution in [0.1, 0.15) is 76.0 Å². The van der Waals surface area contributed by atoms with Crippen molar-refractivity contribution in [2.24, 2.45) is 0 Å². The Morgan fingerprint density at radius 3 is 0.800 bits per heavy atom. The van der Waals surface area contributed by atoms with E-state index >= 15 is 0 Å². The summed E-state index contributed by atoms with van der Waals surface area (Å²) in [4.78, 5) is 15.2. The van der Waals surface area contributed by atoms with E-state index in [-0.39, 0.29) is 37.9 Å². The van der Waals surface area contributed by atoms with E-state index in [2.05, 4.69) is 206 Å². The average Bonchev–Trinajstić information content (AvgIpc) is 3.41. The summed E-state index contributed by atoms with van der Waals surface area (Å²) in [5, 5.41) is 0. The van der Waals surface area contributed by atoms with Gasteiger partial charge in [0.25, 0.3) is 0 Å². The fraction of sp³-hybridized carbons (Fsp3) is 0.136. The van der Waals surface area contributed by atoms with Gasteiger partial charge >= 0.3 is 20.1 Å². The topological polar surface area (TPSA) is 38.7 Å². The van der Waals surface area contributed by atoms with Gasteiger partial charge < -0.3 is 15.0 Å². The van der Waals surface area contributed by atoms with Crippen molar-refractivity contribution in [2.75, 3.05) is 0 Å². The molecule has 0 fully saturated rings. The summed E-state index contributed by atoms with van der Waals surface area (Å²) in [6.45, 7) is 13.6. The molecule has 0 aliphatic rings. The van der Waals surface area contributed by atoms with Gasteiger partial charge in [0, 0.05) is 35.3 Å². The maximum absolute atomic E-state index is 5.07. The van der Waals surface area contributed by atoms with Crippen LogP contribution in [0.15, 0.2) is 201 Å². The van der Waals surface area contributed by atoms with Crippen LogP contribution in [0.4, 0.5) is 0 Å². The van der Waals surface area contributed by atoms with E-state index < -0.39 is 0 Å². The molecule has 0 saturated carbocycles. The monoisotopic (exact) mass is 1080 g/mol. The van der Waals surface area contributed by atoms with E-state index in [0.717, 1.165) is 101 Å². The molecule has 0 saturated heterocycles. The van der Waals surface area contributed by atoms with E-state index in [0.29, 0.717) is 0 Å². The fourth-order valence-corrected chi connectivity index (χ4v) is 9.62. The number of nitrogens with zero attached hydrogens (tertiary/aromatic N) is 3. The molecule has 3 nitrogen and oxygen atoms in total. The molecule has 3 aromatic heterocycles. The molecular weight excluding hydrogens is 1030 g/mol. The van der Waals surface area contributed by atoms with Crippen molar-refractivity contribution < 1.29 is 20.1 Å². The molecule has 4 heteroatoms. The van der Waals surface area contributed by atoms with Gasteiger partial charge in [-0.1, -0.05) is 133 Å². The second-order valence-electron chi connectivity index (χ2n) is 18.7. The summed E-state index contributed by atoms with van der Waals surface area (Å²) in [5.41, 5.74) is 23.0. The van der Waals surface area contributed by atoms with Gasteiger partial charge in [0.15, 0.2) is 0 Å². The first-order chi connectivity index (χ1) is 33.7. The molecule has 0 radical (unpaired) electrons. The molecule has 0 atom stereocenters. The second kappa shape index (κ2) is 21.1. The van der Waals surface area contributed by atoms with Gasteiger partial charge in [0.2, 0.25) is 0 Å². The number of rotatable bonds is 12. The zero-order valence-electron chi connectivity index (χ0n) is 40.5. The molecule has 10 aromatic rings. The van der Waals surface area contributed by atoms with Gasteiger partial charge in [-0.05, 0) is 120 Å². The summed E-state index contributed by atoms with van der Waals surface area (Å²) < 4.78 is 0. The Balaban J connectivity index is 0.00000608. The number of benzene rings is 7. The largest absolute Gasteiger partial charge is 3.00 e. The summed E-state index contributed by atoms with van der Waals surface area (Å²) >= 11 is 0. The van der Waals surface area contributed by atoms with Crippen molar-refractivity contribution >= 4 is 0 Å². The van der Waals surface area contributed by atoms with Crippen LogP contribution in [-0.2, 0) is 20.1 Å². The van der Waals surface area contributed by atoms with Crippen LogP contribution in [-0.4, -0.2) is 15.0 Å². The minimum absolute atomic E-state index is 0. The van der Waals surface area contributed by atoms with Crippen molar-refractivity contribution in [3.63, 3.8) is 0 Å². The molecule has 0 bridgehead atoms. The molecular formula is C66H54IrN3. The Morgan fingerprint density at radius 1 is 0.300 bits per heavy atom. The Hall–Kier alpha value is -7.36. The van der Waals surface area contributed by atoms with Gasteiger partial charge in [0.05, 0.1) is 0 Å². The van der Waals surface area contributed by atoms with Crippen LogP contribution in [0.3, 0.4) is 0 Å². The van der Waals surface area contributed by atoms with Crippen molar-refractivity contribution in [3.8, 4) is 101 Å². The fourth-order valence-electron chi connectivity index (χ4n) is 9.62. The minimum atomic E-state index is 0. The third-order valence-corrected chi connectivity index (χ3v) is 13.1. The van der Waals surface area contributed by atoms with E-state index in [9.17, 15) is 0 Å². The summed E-state index contributed by atoms with van der Waals surface area (Å²) in [7, 11) is 0. The second-order valence-corrected chi connectivity index (χ2v) is 18.7. The first-order valence-corrected chi connectivity index (χ1v) is 24.1. The number of aromatic nitrogens is 3. The van der Waals surface area contributed by atoms with Crippen LogP contribution in [0.2, 0.25) is 0 Å². The first-order valence-electron chi connectivity index (χ1n) is 24.1. The zero-order valence-corrected chi connectivity index (χ0v) is 42.9. The number of hydrogen-bond donors (Lipinski definition) is 0. The van der Waals surface area contributed by atoms with Crippen molar-refractivity contribution in [3.05, 3.63) is 235 Å². The van der Waals surface area contributed by atoms with Crippen molar-refractivity contribution in [2.45, 2.75) is 59.3 Å². The predicted molar refractivity (Wildman–Crippen MR) is 288 cm³/mol. The summed E-state index contributed by atoms with van der Waals surface area (Å²) in [6, 6.07) is 74.7. The van der Waals surface area contributed by atoms with Crippen LogP contribution >= 0.6 is 0 Å². The third-order valence-electron chi connectivity index (χ3n) is 13.1. The Bertz CT molecular complexity index is 3040. The maximum atomic E-state index is 5.07. The standard InChI is InChI=1S/C66H54N3.Ir/c1-43(2)58-37-64(46-22-10-7-11-23-46)67-40-61(58)55-31-19-16-28-52(55)49-34-50(53-29-17-20-32-56(53)62-41-68-65(38-59(62)44(3)4)47-24-12-8-13-25-47)36-51(35-49)54-30-18-21-33-57(54)63-42-69-66(39-60(63)45(5)6)48-26-14-9-15-27-48;/h7-22,24,26,28-45H,1-6H3;/q-3;+3. The molecule has 10 rings (SSSR count). The van der Waals surface area contributed by atoms with E-state index in [1.165, 1.54) is 16.7 Å². The van der Waals surface area contributed by atoms with Crippen molar-refractivity contribution in [1.29, 1.82) is 0 Å². The Labute approximate surface area is 427 Å². The minimum Gasteiger partial charge on any atom is -0.304 e. The quantitative estimate of drug-likeness (QED) is 0.114. The molecule has 342 valence electrons. The number of hydrogen-bond acceptors (Lipinski definition) is 3. The van der Waals surface area contributed by atoms with Crippen molar-refractivity contribution in [1.82, 2.24) is 15.0 Å². The van der Waals surface area contributed by atoms with Crippen LogP contribution in [0.25, 0.3) is 101 Å². The SMILES string of the molecule is CC(C)c1cc(-c2[c-]cccc2)ncc1-c1ccccc1-c1cc(-c2ccccc2-c2cnc(-c3[c-]cccc3)cc2C(C)C)cc(-c2ccccc2-c2cnc(-c3[c-]cccc3)cc2C(C)C)c1.[Ir+3]. The first kappa shape index (κ1) is 47.7. The van der Waals surface area contributed by atoms with Gasteiger partial charge in [-0.3, -0.25) is 0 Å². The Kier molecular flexibility index (Phi) is 14.4. The third kappa shape index (κ3) is 9.76. The zero-order chi connectivity index (χ0) is 47.4. The molecule has 7 aromatic carbocycles. The molecule has 70 heavy (non-hydrogen) atoms. The van der Waals surface area contributed by atoms with Gasteiger partial charge in [-0.2, -0.15) is 0 Å². The van der Waals surface area contributed by atoms with E-state index in [1.807, 2.05) is 54.6 Å². The molecule has 0 amide bonds. The van der Waals surface area contributed by atoms with Crippen LogP contribution in [0.5, 0.6) is 0 Å². The molecule has 0 unspecified atom stereocenters. The summed E-state index contributed by atoms with van der Waals surface area (Å²) in [5.74, 6) is 0.761. The van der Waals surface area contributed by atoms with Gasteiger partial charge in [0.1, 0.15) is 0 Å². The van der Waals surface area contributed by atoms with Gasteiger partial charge in [-0.15, -0.1) is 108 Å². The molecule has 3 heterocycles. The van der Waals surface area contributed by atoms with Crippen LogP contribution < -0.4 is 0 Å². The molecule has 0 aliphatic carbocycles. The molecule has 0 spiro atoms. The average molecular weight is 1080 g/mol. The Morgan fingerprint density at radius 2 is 0.557 bits per heavy atom.